The summed E-state index contributed by atoms with van der Waals surface area (Å²) in [6.45, 7) is 0. The molecule has 0 bridgehead atoms. The summed E-state index contributed by atoms with van der Waals surface area (Å²) in [5.41, 5.74) is 2.66. The molecule has 3 heteroatoms. The quantitative estimate of drug-likeness (QED) is 0.638. The Morgan fingerprint density at radius 3 is 2.44 bits per heavy atom. The second-order valence-electron chi connectivity index (χ2n) is 4.14. The molecule has 0 aliphatic rings. The highest BCUT2D eigenvalue weighted by Crippen LogP contribution is 2.34. The average molecular weight is 365 g/mol. The van der Waals surface area contributed by atoms with E-state index >= 15 is 0 Å². The molecule has 0 aliphatic carbocycles. The Morgan fingerprint density at radius 2 is 1.83 bits per heavy atom. The third-order valence-electron chi connectivity index (χ3n) is 2.99. The maximum Gasteiger partial charge on any atom is 0.0448 e. The summed E-state index contributed by atoms with van der Waals surface area (Å²) in [6.07, 6.45) is 4.07. The zero-order valence-electron chi connectivity index (χ0n) is 9.64. The van der Waals surface area contributed by atoms with E-state index in [-0.39, 0.29) is 0 Å². The standard InChI is InChI=1S/C15H12INS/c16-13-5-3-11(4-6-13)15(12-7-8-17-10-12)14-2-1-9-18-14/h1-10,15,17H. The van der Waals surface area contributed by atoms with E-state index in [4.69, 9.17) is 0 Å². The number of rotatable bonds is 3. The van der Waals surface area contributed by atoms with Gasteiger partial charge in [0.05, 0.1) is 0 Å². The van der Waals surface area contributed by atoms with Gasteiger partial charge in [-0.3, -0.25) is 0 Å². The van der Waals surface area contributed by atoms with Crippen LogP contribution >= 0.6 is 33.9 Å². The van der Waals surface area contributed by atoms with Crippen molar-refractivity contribution in [3.05, 3.63) is 79.8 Å². The highest BCUT2D eigenvalue weighted by molar-refractivity contribution is 14.1. The molecule has 18 heavy (non-hydrogen) atoms. The van der Waals surface area contributed by atoms with Crippen LogP contribution in [0.1, 0.15) is 21.9 Å². The van der Waals surface area contributed by atoms with Gasteiger partial charge in [0, 0.05) is 26.8 Å². The Labute approximate surface area is 124 Å². The minimum atomic E-state index is 0.341. The van der Waals surface area contributed by atoms with Crippen LogP contribution in [0.3, 0.4) is 0 Å². The third kappa shape index (κ3) is 2.37. The molecule has 0 saturated carbocycles. The van der Waals surface area contributed by atoms with Gasteiger partial charge in [0.15, 0.2) is 0 Å². The molecule has 90 valence electrons. The predicted octanol–water partition coefficient (Wildman–Crippen LogP) is 4.86. The van der Waals surface area contributed by atoms with Gasteiger partial charge in [-0.2, -0.15) is 0 Å². The highest BCUT2D eigenvalue weighted by Gasteiger charge is 2.17. The summed E-state index contributed by atoms with van der Waals surface area (Å²) in [5, 5.41) is 2.14. The third-order valence-corrected chi connectivity index (χ3v) is 4.64. The fraction of sp³-hybridized carbons (Fsp3) is 0.0667. The molecule has 0 aliphatic heterocycles. The van der Waals surface area contributed by atoms with Gasteiger partial charge in [-0.25, -0.2) is 0 Å². The summed E-state index contributed by atoms with van der Waals surface area (Å²) in [6, 6.07) is 15.3. The molecule has 1 atom stereocenters. The fourth-order valence-electron chi connectivity index (χ4n) is 2.15. The van der Waals surface area contributed by atoms with Crippen molar-refractivity contribution in [3.8, 4) is 0 Å². The molecule has 1 aromatic carbocycles. The molecule has 1 unspecified atom stereocenters. The van der Waals surface area contributed by atoms with Crippen LogP contribution < -0.4 is 0 Å². The van der Waals surface area contributed by atoms with E-state index in [0.29, 0.717) is 5.92 Å². The number of thiophene rings is 1. The van der Waals surface area contributed by atoms with Gasteiger partial charge >= 0.3 is 0 Å². The van der Waals surface area contributed by atoms with Crippen molar-refractivity contribution in [2.45, 2.75) is 5.92 Å². The molecular weight excluding hydrogens is 353 g/mol. The Kier molecular flexibility index (Phi) is 3.52. The van der Waals surface area contributed by atoms with Crippen molar-refractivity contribution < 1.29 is 0 Å². The number of aromatic amines is 1. The lowest BCUT2D eigenvalue weighted by Crippen LogP contribution is -1.99. The largest absolute Gasteiger partial charge is 0.367 e. The van der Waals surface area contributed by atoms with Crippen LogP contribution in [0.25, 0.3) is 0 Å². The van der Waals surface area contributed by atoms with Crippen molar-refractivity contribution in [1.29, 1.82) is 0 Å². The lowest BCUT2D eigenvalue weighted by molar-refractivity contribution is 1.01. The first-order valence-corrected chi connectivity index (χ1v) is 7.72. The number of hydrogen-bond donors (Lipinski definition) is 1. The molecular formula is C15H12INS. The molecule has 0 saturated heterocycles. The van der Waals surface area contributed by atoms with Crippen LogP contribution in [0, 0.1) is 3.57 Å². The molecule has 3 rings (SSSR count). The van der Waals surface area contributed by atoms with Gasteiger partial charge in [-0.05, 0) is 63.4 Å². The number of hydrogen-bond acceptors (Lipinski definition) is 1. The zero-order chi connectivity index (χ0) is 12.4. The van der Waals surface area contributed by atoms with Gasteiger partial charge in [0.25, 0.3) is 0 Å². The van der Waals surface area contributed by atoms with Crippen LogP contribution in [-0.2, 0) is 0 Å². The molecule has 2 aromatic heterocycles. The zero-order valence-corrected chi connectivity index (χ0v) is 12.6. The smallest absolute Gasteiger partial charge is 0.0448 e. The molecule has 0 spiro atoms. The Bertz CT molecular complexity index is 562. The van der Waals surface area contributed by atoms with Gasteiger partial charge in [-0.15, -0.1) is 11.3 Å². The number of aromatic nitrogens is 1. The topological polar surface area (TPSA) is 15.8 Å². The fourth-order valence-corrected chi connectivity index (χ4v) is 3.39. The number of nitrogens with one attached hydrogen (secondary N) is 1. The summed E-state index contributed by atoms with van der Waals surface area (Å²) in [4.78, 5) is 4.54. The van der Waals surface area contributed by atoms with Gasteiger partial charge < -0.3 is 4.98 Å². The SMILES string of the molecule is Ic1ccc(C(c2cc[nH]c2)c2cccs2)cc1. The Morgan fingerprint density at radius 1 is 1.00 bits per heavy atom. The molecule has 0 amide bonds. The summed E-state index contributed by atoms with van der Waals surface area (Å²) in [7, 11) is 0. The predicted molar refractivity (Wildman–Crippen MR) is 85.2 cm³/mol. The van der Waals surface area contributed by atoms with Crippen LogP contribution in [0.5, 0.6) is 0 Å². The van der Waals surface area contributed by atoms with E-state index in [9.17, 15) is 0 Å². The second kappa shape index (κ2) is 5.28. The average Bonchev–Trinajstić information content (AvgIpc) is 3.06. The summed E-state index contributed by atoms with van der Waals surface area (Å²) in [5.74, 6) is 0.341. The van der Waals surface area contributed by atoms with Crippen molar-refractivity contribution in [2.75, 3.05) is 0 Å². The molecule has 3 aromatic rings. The highest BCUT2D eigenvalue weighted by atomic mass is 127. The van der Waals surface area contributed by atoms with E-state index in [1.54, 1.807) is 0 Å². The molecule has 1 N–H and O–H groups in total. The second-order valence-corrected chi connectivity index (χ2v) is 6.37. The summed E-state index contributed by atoms with van der Waals surface area (Å²) < 4.78 is 1.27. The van der Waals surface area contributed by atoms with Crippen molar-refractivity contribution in [1.82, 2.24) is 4.98 Å². The van der Waals surface area contributed by atoms with E-state index in [1.807, 2.05) is 17.5 Å². The van der Waals surface area contributed by atoms with E-state index in [2.05, 4.69) is 81.6 Å². The first-order valence-electron chi connectivity index (χ1n) is 5.76. The van der Waals surface area contributed by atoms with Crippen LogP contribution in [0.4, 0.5) is 0 Å². The van der Waals surface area contributed by atoms with E-state index < -0.39 is 0 Å². The number of benzene rings is 1. The van der Waals surface area contributed by atoms with Crippen LogP contribution in [0.15, 0.2) is 60.2 Å². The van der Waals surface area contributed by atoms with E-state index in [0.717, 1.165) is 0 Å². The molecule has 0 fully saturated rings. The summed E-state index contributed by atoms with van der Waals surface area (Å²) >= 11 is 4.16. The lowest BCUT2D eigenvalue weighted by atomic mass is 9.92. The van der Waals surface area contributed by atoms with Crippen molar-refractivity contribution in [2.24, 2.45) is 0 Å². The molecule has 1 nitrogen and oxygen atoms in total. The minimum Gasteiger partial charge on any atom is -0.367 e. The molecule has 0 radical (unpaired) electrons. The van der Waals surface area contributed by atoms with Crippen LogP contribution in [0.2, 0.25) is 0 Å². The normalized spacial score (nSPS) is 12.5. The molecule has 2 heterocycles. The minimum absolute atomic E-state index is 0.341. The maximum absolute atomic E-state index is 3.16. The van der Waals surface area contributed by atoms with E-state index in [1.165, 1.54) is 19.6 Å². The number of halogens is 1. The maximum atomic E-state index is 3.16. The number of H-pyrrole nitrogens is 1. The van der Waals surface area contributed by atoms with Crippen LogP contribution in [-0.4, -0.2) is 4.98 Å². The van der Waals surface area contributed by atoms with Crippen molar-refractivity contribution >= 4 is 33.9 Å². The van der Waals surface area contributed by atoms with Crippen molar-refractivity contribution in [3.63, 3.8) is 0 Å². The lowest BCUT2D eigenvalue weighted by Gasteiger charge is -2.15. The Balaban J connectivity index is 2.08. The van der Waals surface area contributed by atoms with Gasteiger partial charge in [0.2, 0.25) is 0 Å². The Hall–Kier alpha value is -1.07. The van der Waals surface area contributed by atoms with Gasteiger partial charge in [-0.1, -0.05) is 18.2 Å². The first-order chi connectivity index (χ1) is 8.84. The van der Waals surface area contributed by atoms with Gasteiger partial charge in [0.1, 0.15) is 0 Å². The monoisotopic (exact) mass is 365 g/mol. The first kappa shape index (κ1) is 12.0.